The third kappa shape index (κ3) is 5.37. The number of ether oxygens (including phenoxy) is 1. The van der Waals surface area contributed by atoms with E-state index in [1.165, 1.54) is 12.1 Å². The van der Waals surface area contributed by atoms with Gasteiger partial charge in [0.25, 0.3) is 10.0 Å². The van der Waals surface area contributed by atoms with Gasteiger partial charge in [-0.2, -0.15) is 0 Å². The van der Waals surface area contributed by atoms with E-state index in [-0.39, 0.29) is 17.9 Å². The summed E-state index contributed by atoms with van der Waals surface area (Å²) in [5.74, 6) is -0.365. The van der Waals surface area contributed by atoms with Crippen molar-refractivity contribution in [1.82, 2.24) is 0 Å². The zero-order chi connectivity index (χ0) is 19.3. The van der Waals surface area contributed by atoms with E-state index in [2.05, 4.69) is 4.72 Å². The standard InChI is InChI=1S/C18H20ClNO5S/c1-12-5-7-16(15(19)10-12)20-26(23,24)14-6-8-17(13(2)11-14)25-9-3-4-18(21)22/h5-8,10-11,20H,3-4,9H2,1-2H3,(H,21,22). The number of hydrogen-bond donors (Lipinski definition) is 2. The van der Waals surface area contributed by atoms with E-state index in [9.17, 15) is 13.2 Å². The van der Waals surface area contributed by atoms with Crippen LogP contribution in [0, 0.1) is 13.8 Å². The molecule has 0 spiro atoms. The zero-order valence-corrected chi connectivity index (χ0v) is 16.0. The molecule has 0 bridgehead atoms. The van der Waals surface area contributed by atoms with Crippen LogP contribution in [0.5, 0.6) is 5.75 Å². The Labute approximate surface area is 157 Å². The van der Waals surface area contributed by atoms with Crippen molar-refractivity contribution in [2.45, 2.75) is 31.6 Å². The number of hydrogen-bond acceptors (Lipinski definition) is 4. The smallest absolute Gasteiger partial charge is 0.303 e. The third-order valence-corrected chi connectivity index (χ3v) is 5.29. The SMILES string of the molecule is Cc1ccc(NS(=O)(=O)c2ccc(OCCCC(=O)O)c(C)c2)c(Cl)c1. The van der Waals surface area contributed by atoms with Crippen molar-refractivity contribution in [3.63, 3.8) is 0 Å². The van der Waals surface area contributed by atoms with E-state index in [4.69, 9.17) is 21.4 Å². The van der Waals surface area contributed by atoms with Gasteiger partial charge < -0.3 is 9.84 Å². The topological polar surface area (TPSA) is 92.7 Å². The first-order chi connectivity index (χ1) is 12.2. The summed E-state index contributed by atoms with van der Waals surface area (Å²) in [6, 6.07) is 9.55. The molecule has 2 aromatic carbocycles. The summed E-state index contributed by atoms with van der Waals surface area (Å²) in [6.45, 7) is 3.84. The van der Waals surface area contributed by atoms with Crippen molar-refractivity contribution in [2.24, 2.45) is 0 Å². The molecule has 0 amide bonds. The molecule has 26 heavy (non-hydrogen) atoms. The van der Waals surface area contributed by atoms with Gasteiger partial charge in [-0.05, 0) is 61.7 Å². The van der Waals surface area contributed by atoms with Crippen molar-refractivity contribution in [3.05, 3.63) is 52.5 Å². The van der Waals surface area contributed by atoms with Gasteiger partial charge in [-0.1, -0.05) is 17.7 Å². The number of aliphatic carboxylic acids is 1. The lowest BCUT2D eigenvalue weighted by molar-refractivity contribution is -0.137. The maximum absolute atomic E-state index is 12.6. The maximum atomic E-state index is 12.6. The second-order valence-corrected chi connectivity index (χ2v) is 7.95. The number of halogens is 1. The summed E-state index contributed by atoms with van der Waals surface area (Å²) in [6.07, 6.45) is 0.398. The van der Waals surface area contributed by atoms with Gasteiger partial charge in [0.05, 0.1) is 22.2 Å². The molecule has 0 saturated carbocycles. The number of sulfonamides is 1. The molecule has 0 aromatic heterocycles. The predicted molar refractivity (Wildman–Crippen MR) is 101 cm³/mol. The Kier molecular flexibility index (Phi) is 6.50. The molecule has 0 heterocycles. The zero-order valence-electron chi connectivity index (χ0n) is 14.5. The van der Waals surface area contributed by atoms with Crippen LogP contribution in [0.2, 0.25) is 5.02 Å². The van der Waals surface area contributed by atoms with Crippen LogP contribution in [-0.4, -0.2) is 26.1 Å². The Bertz CT molecular complexity index is 912. The van der Waals surface area contributed by atoms with E-state index in [0.29, 0.717) is 28.4 Å². The fraction of sp³-hybridized carbons (Fsp3) is 0.278. The average Bonchev–Trinajstić information content (AvgIpc) is 2.55. The number of carboxylic acids is 1. The highest BCUT2D eigenvalue weighted by Crippen LogP contribution is 2.27. The van der Waals surface area contributed by atoms with Crippen LogP contribution in [0.15, 0.2) is 41.3 Å². The lowest BCUT2D eigenvalue weighted by atomic mass is 10.2. The summed E-state index contributed by atoms with van der Waals surface area (Å²) < 4.78 is 33.1. The molecule has 0 aliphatic heterocycles. The lowest BCUT2D eigenvalue weighted by Gasteiger charge is -2.13. The predicted octanol–water partition coefficient (Wildman–Crippen LogP) is 4.00. The molecule has 0 atom stereocenters. The molecule has 0 saturated heterocycles. The number of rotatable bonds is 8. The number of aryl methyl sites for hydroxylation is 2. The minimum atomic E-state index is -3.79. The molecule has 8 heteroatoms. The molecule has 140 valence electrons. The number of nitrogens with one attached hydrogen (secondary N) is 1. The summed E-state index contributed by atoms with van der Waals surface area (Å²) in [5.41, 5.74) is 1.88. The number of benzene rings is 2. The Morgan fingerprint density at radius 2 is 1.92 bits per heavy atom. The summed E-state index contributed by atoms with van der Waals surface area (Å²) in [5, 5.41) is 8.93. The largest absolute Gasteiger partial charge is 0.493 e. The van der Waals surface area contributed by atoms with Crippen LogP contribution in [0.3, 0.4) is 0 Å². The van der Waals surface area contributed by atoms with E-state index in [0.717, 1.165) is 5.56 Å². The van der Waals surface area contributed by atoms with Gasteiger partial charge in [0.1, 0.15) is 5.75 Å². The molecule has 0 aliphatic rings. The van der Waals surface area contributed by atoms with Crippen LogP contribution >= 0.6 is 11.6 Å². The molecule has 0 unspecified atom stereocenters. The maximum Gasteiger partial charge on any atom is 0.303 e. The van der Waals surface area contributed by atoms with Crippen LogP contribution in [-0.2, 0) is 14.8 Å². The first kappa shape index (κ1) is 20.1. The summed E-state index contributed by atoms with van der Waals surface area (Å²) in [4.78, 5) is 10.6. The van der Waals surface area contributed by atoms with Gasteiger partial charge >= 0.3 is 5.97 Å². The van der Waals surface area contributed by atoms with Crippen LogP contribution in [0.4, 0.5) is 5.69 Å². The van der Waals surface area contributed by atoms with Crippen LogP contribution < -0.4 is 9.46 Å². The Morgan fingerprint density at radius 1 is 1.19 bits per heavy atom. The Morgan fingerprint density at radius 3 is 2.54 bits per heavy atom. The number of anilines is 1. The Balaban J connectivity index is 2.12. The van der Waals surface area contributed by atoms with E-state index in [1.807, 2.05) is 6.92 Å². The average molecular weight is 398 g/mol. The third-order valence-electron chi connectivity index (χ3n) is 3.62. The molecule has 6 nitrogen and oxygen atoms in total. The van der Waals surface area contributed by atoms with Crippen LogP contribution in [0.1, 0.15) is 24.0 Å². The second-order valence-electron chi connectivity index (χ2n) is 5.86. The first-order valence-electron chi connectivity index (χ1n) is 7.93. The van der Waals surface area contributed by atoms with Gasteiger partial charge in [0.15, 0.2) is 0 Å². The highest BCUT2D eigenvalue weighted by atomic mass is 35.5. The van der Waals surface area contributed by atoms with E-state index >= 15 is 0 Å². The minimum absolute atomic E-state index is 0.0206. The van der Waals surface area contributed by atoms with Gasteiger partial charge in [-0.15, -0.1) is 0 Å². The van der Waals surface area contributed by atoms with Crippen molar-refractivity contribution < 1.29 is 23.1 Å². The van der Waals surface area contributed by atoms with Gasteiger partial charge in [-0.3, -0.25) is 9.52 Å². The molecule has 2 rings (SSSR count). The highest BCUT2D eigenvalue weighted by molar-refractivity contribution is 7.92. The highest BCUT2D eigenvalue weighted by Gasteiger charge is 2.17. The first-order valence-corrected chi connectivity index (χ1v) is 9.79. The van der Waals surface area contributed by atoms with E-state index < -0.39 is 16.0 Å². The molecule has 0 radical (unpaired) electrons. The lowest BCUT2D eigenvalue weighted by Crippen LogP contribution is -2.13. The minimum Gasteiger partial charge on any atom is -0.493 e. The van der Waals surface area contributed by atoms with Crippen LogP contribution in [0.25, 0.3) is 0 Å². The fourth-order valence-electron chi connectivity index (χ4n) is 2.26. The van der Waals surface area contributed by atoms with Crippen molar-refractivity contribution in [1.29, 1.82) is 0 Å². The van der Waals surface area contributed by atoms with Gasteiger partial charge in [-0.25, -0.2) is 8.42 Å². The Hall–Kier alpha value is -2.25. The van der Waals surface area contributed by atoms with Crippen molar-refractivity contribution in [3.8, 4) is 5.75 Å². The van der Waals surface area contributed by atoms with Crippen molar-refractivity contribution in [2.75, 3.05) is 11.3 Å². The normalized spacial score (nSPS) is 11.2. The quantitative estimate of drug-likeness (QED) is 0.656. The summed E-state index contributed by atoms with van der Waals surface area (Å²) in [7, 11) is -3.79. The summed E-state index contributed by atoms with van der Waals surface area (Å²) >= 11 is 6.08. The van der Waals surface area contributed by atoms with E-state index in [1.54, 1.807) is 31.2 Å². The van der Waals surface area contributed by atoms with Gasteiger partial charge in [0, 0.05) is 6.42 Å². The number of carbonyl (C=O) groups is 1. The number of carboxylic acid groups (broad SMARTS) is 1. The molecular weight excluding hydrogens is 378 g/mol. The second kappa shape index (κ2) is 8.42. The molecular formula is C18H20ClNO5S. The molecule has 0 aliphatic carbocycles. The molecule has 2 N–H and O–H groups in total. The monoisotopic (exact) mass is 397 g/mol. The van der Waals surface area contributed by atoms with Crippen molar-refractivity contribution >= 4 is 33.3 Å². The molecule has 0 fully saturated rings. The fourth-order valence-corrected chi connectivity index (χ4v) is 3.77. The molecule has 2 aromatic rings. The van der Waals surface area contributed by atoms with Gasteiger partial charge in [0.2, 0.25) is 0 Å².